The van der Waals surface area contributed by atoms with Gasteiger partial charge in [0.2, 0.25) is 11.9 Å². The first-order valence-corrected chi connectivity index (χ1v) is 15.8. The summed E-state index contributed by atoms with van der Waals surface area (Å²) in [5.74, 6) is 0.545. The van der Waals surface area contributed by atoms with Gasteiger partial charge in [-0.2, -0.15) is 15.0 Å². The van der Waals surface area contributed by atoms with E-state index in [2.05, 4.69) is 30.2 Å². The molecule has 7 rings (SSSR count). The fourth-order valence-electron chi connectivity index (χ4n) is 5.29. The van der Waals surface area contributed by atoms with Gasteiger partial charge in [0.05, 0.1) is 49.0 Å². The van der Waals surface area contributed by atoms with Gasteiger partial charge in [-0.05, 0) is 72.1 Å². The van der Waals surface area contributed by atoms with E-state index in [0.29, 0.717) is 43.5 Å². The minimum Gasteiger partial charge on any atom is -0.508 e. The summed E-state index contributed by atoms with van der Waals surface area (Å²) in [5, 5.41) is 31.1. The average molecular weight is 662 g/mol. The van der Waals surface area contributed by atoms with Crippen molar-refractivity contribution in [3.63, 3.8) is 0 Å². The van der Waals surface area contributed by atoms with Gasteiger partial charge in [0.15, 0.2) is 0 Å². The van der Waals surface area contributed by atoms with Crippen LogP contribution in [0.1, 0.15) is 22.8 Å². The number of phenolic OH excluding ortho intramolecular Hbond substituents is 2. The van der Waals surface area contributed by atoms with Crippen molar-refractivity contribution in [1.82, 2.24) is 34.9 Å². The molecular weight excluding hydrogens is 630 g/mol. The normalized spacial score (nSPS) is 11.2. The molecule has 7 aromatic rings. The second-order valence-corrected chi connectivity index (χ2v) is 11.3. The van der Waals surface area contributed by atoms with Gasteiger partial charge in [0.1, 0.15) is 17.2 Å². The molecule has 2 aromatic carbocycles. The van der Waals surface area contributed by atoms with Crippen molar-refractivity contribution in [3.8, 4) is 11.5 Å². The van der Waals surface area contributed by atoms with Crippen LogP contribution in [0.5, 0.6) is 11.5 Å². The van der Waals surface area contributed by atoms with Crippen LogP contribution < -0.4 is 9.80 Å². The van der Waals surface area contributed by atoms with Gasteiger partial charge in [-0.3, -0.25) is 19.9 Å². The number of hydrogen-bond donors (Lipinski definition) is 2. The lowest BCUT2D eigenvalue weighted by Crippen LogP contribution is -2.29. The second-order valence-electron chi connectivity index (χ2n) is 11.3. The first kappa shape index (κ1) is 31.7. The van der Waals surface area contributed by atoms with E-state index in [1.807, 2.05) is 82.6 Å². The highest BCUT2D eigenvalue weighted by Gasteiger charge is 2.21. The van der Waals surface area contributed by atoms with Crippen molar-refractivity contribution in [2.45, 2.75) is 26.2 Å². The molecule has 246 valence electrons. The molecule has 0 amide bonds. The zero-order valence-corrected chi connectivity index (χ0v) is 26.8. The Morgan fingerprint density at radius 2 is 0.960 bits per heavy atom. The van der Waals surface area contributed by atoms with E-state index in [9.17, 15) is 10.2 Å². The Morgan fingerprint density at radius 1 is 0.500 bits per heavy atom. The third-order valence-electron chi connectivity index (χ3n) is 7.68. The minimum atomic E-state index is -0.111. The van der Waals surface area contributed by atoms with Crippen LogP contribution in [-0.2, 0) is 26.2 Å². The number of fused-ring (bicyclic) bond motifs is 1. The number of rotatable bonds is 12. The molecule has 5 heterocycles. The molecule has 0 saturated heterocycles. The van der Waals surface area contributed by atoms with Crippen LogP contribution in [-0.4, -0.2) is 45.1 Å². The number of pyridine rings is 4. The fourth-order valence-corrected chi connectivity index (χ4v) is 5.29. The molecule has 0 bridgehead atoms. The molecule has 50 heavy (non-hydrogen) atoms. The molecule has 0 spiro atoms. The standard InChI is InChI=1S/C37H31N11O2/c49-31-15-13-26-14-16-33(50)34(32(26)21-31)45-46-35-42-36(47(22-27-9-1-5-17-38-27)23-28-10-2-6-18-39-28)44-37(43-35)48(24-29-11-3-7-19-40-29)25-30-12-4-8-20-41-30/h1-21,49-50H,22-25H2. The predicted molar refractivity (Wildman–Crippen MR) is 188 cm³/mol. The molecule has 0 saturated carbocycles. The average Bonchev–Trinajstić information content (AvgIpc) is 3.15. The molecule has 5 aromatic heterocycles. The van der Waals surface area contributed by atoms with E-state index < -0.39 is 0 Å². The third-order valence-corrected chi connectivity index (χ3v) is 7.68. The van der Waals surface area contributed by atoms with Gasteiger partial charge in [-0.1, -0.05) is 36.4 Å². The fraction of sp³-hybridized carbons (Fsp3) is 0.108. The van der Waals surface area contributed by atoms with E-state index in [1.54, 1.807) is 43.0 Å². The van der Waals surface area contributed by atoms with Crippen LogP contribution in [0, 0.1) is 0 Å². The molecule has 13 nitrogen and oxygen atoms in total. The number of nitrogens with zero attached hydrogens (tertiary/aromatic N) is 11. The van der Waals surface area contributed by atoms with Crippen molar-refractivity contribution in [2.24, 2.45) is 10.2 Å². The largest absolute Gasteiger partial charge is 0.508 e. The van der Waals surface area contributed by atoms with Crippen molar-refractivity contribution < 1.29 is 10.2 Å². The van der Waals surface area contributed by atoms with E-state index in [1.165, 1.54) is 12.1 Å². The number of anilines is 2. The maximum atomic E-state index is 10.8. The van der Waals surface area contributed by atoms with Crippen LogP contribution in [0.15, 0.2) is 138 Å². The van der Waals surface area contributed by atoms with Crippen molar-refractivity contribution in [1.29, 1.82) is 0 Å². The summed E-state index contributed by atoms with van der Waals surface area (Å²) in [4.78, 5) is 36.6. The number of phenols is 2. The van der Waals surface area contributed by atoms with Crippen LogP contribution >= 0.6 is 0 Å². The van der Waals surface area contributed by atoms with Gasteiger partial charge in [-0.15, -0.1) is 10.2 Å². The number of azo groups is 1. The Kier molecular flexibility index (Phi) is 9.45. The van der Waals surface area contributed by atoms with Crippen molar-refractivity contribution in [3.05, 3.63) is 151 Å². The summed E-state index contributed by atoms with van der Waals surface area (Å²) in [6.07, 6.45) is 6.96. The van der Waals surface area contributed by atoms with Gasteiger partial charge in [0.25, 0.3) is 5.95 Å². The Hall–Kier alpha value is -6.89. The highest BCUT2D eigenvalue weighted by Crippen LogP contribution is 2.37. The number of aromatic nitrogens is 7. The smallest absolute Gasteiger partial charge is 0.275 e. The zero-order valence-electron chi connectivity index (χ0n) is 26.8. The van der Waals surface area contributed by atoms with E-state index >= 15 is 0 Å². The lowest BCUT2D eigenvalue weighted by atomic mass is 10.1. The molecule has 13 heteroatoms. The zero-order chi connectivity index (χ0) is 34.1. The van der Waals surface area contributed by atoms with Gasteiger partial charge in [-0.25, -0.2) is 0 Å². The molecule has 0 atom stereocenters. The molecule has 0 aliphatic rings. The summed E-state index contributed by atoms with van der Waals surface area (Å²) in [7, 11) is 0. The highest BCUT2D eigenvalue weighted by molar-refractivity contribution is 5.96. The van der Waals surface area contributed by atoms with Crippen molar-refractivity contribution in [2.75, 3.05) is 9.80 Å². The first-order chi connectivity index (χ1) is 24.6. The van der Waals surface area contributed by atoms with Gasteiger partial charge < -0.3 is 20.0 Å². The monoisotopic (exact) mass is 661 g/mol. The Bertz CT molecular complexity index is 2020. The SMILES string of the molecule is Oc1ccc2ccc(O)c(N=Nc3nc(N(Cc4ccccn4)Cc4ccccn4)nc(N(Cc4ccccn4)Cc4ccccn4)n3)c2c1. The first-order valence-electron chi connectivity index (χ1n) is 15.8. The molecule has 0 unspecified atom stereocenters. The minimum absolute atomic E-state index is 0.000592. The van der Waals surface area contributed by atoms with E-state index in [4.69, 9.17) is 15.0 Å². The number of benzene rings is 2. The van der Waals surface area contributed by atoms with Gasteiger partial charge >= 0.3 is 0 Å². The molecule has 0 fully saturated rings. The summed E-state index contributed by atoms with van der Waals surface area (Å²) >= 11 is 0. The summed E-state index contributed by atoms with van der Waals surface area (Å²) < 4.78 is 0. The van der Waals surface area contributed by atoms with E-state index in [-0.39, 0.29) is 23.1 Å². The van der Waals surface area contributed by atoms with Crippen LogP contribution in [0.2, 0.25) is 0 Å². The van der Waals surface area contributed by atoms with E-state index in [0.717, 1.165) is 28.2 Å². The lowest BCUT2D eigenvalue weighted by molar-refractivity contribution is 0.475. The molecular formula is C37H31N11O2. The van der Waals surface area contributed by atoms with Crippen molar-refractivity contribution >= 4 is 34.3 Å². The molecule has 0 radical (unpaired) electrons. The molecule has 2 N–H and O–H groups in total. The maximum absolute atomic E-state index is 10.8. The van der Waals surface area contributed by atoms with Crippen LogP contribution in [0.4, 0.5) is 23.5 Å². The lowest BCUT2D eigenvalue weighted by Gasteiger charge is -2.26. The van der Waals surface area contributed by atoms with Crippen LogP contribution in [0.25, 0.3) is 10.8 Å². The predicted octanol–water partition coefficient (Wildman–Crippen LogP) is 6.85. The molecule has 0 aliphatic heterocycles. The Morgan fingerprint density at radius 3 is 1.40 bits per heavy atom. The summed E-state index contributed by atoms with van der Waals surface area (Å²) in [6, 6.07) is 31.0. The summed E-state index contributed by atoms with van der Waals surface area (Å²) in [6.45, 7) is 1.45. The molecule has 0 aliphatic carbocycles. The third kappa shape index (κ3) is 7.80. The maximum Gasteiger partial charge on any atom is 0.275 e. The Labute approximate surface area is 287 Å². The number of aromatic hydroxyl groups is 2. The number of hydrogen-bond acceptors (Lipinski definition) is 13. The highest BCUT2D eigenvalue weighted by atomic mass is 16.3. The Balaban J connectivity index is 1.36. The van der Waals surface area contributed by atoms with Gasteiger partial charge in [0, 0.05) is 30.2 Å². The second kappa shape index (κ2) is 14.9. The quantitative estimate of drug-likeness (QED) is 0.132. The summed E-state index contributed by atoms with van der Waals surface area (Å²) in [5.41, 5.74) is 3.36. The topological polar surface area (TPSA) is 162 Å². The van der Waals surface area contributed by atoms with Crippen LogP contribution in [0.3, 0.4) is 0 Å².